The fourth-order valence-corrected chi connectivity index (χ4v) is 3.87. The zero-order chi connectivity index (χ0) is 23.1. The molecule has 1 aromatic carbocycles. The fraction of sp³-hybridized carbons (Fsp3) is 0.542. The first kappa shape index (κ1) is 23.8. The number of alkyl carbamates (subject to hydrolysis) is 1. The number of likely N-dealkylation sites (N-methyl/N-ethyl adjacent to an activating group) is 1. The fourth-order valence-electron chi connectivity index (χ4n) is 3.87. The molecule has 1 atom stereocenters. The van der Waals surface area contributed by atoms with Crippen molar-refractivity contribution in [2.24, 2.45) is 0 Å². The van der Waals surface area contributed by atoms with E-state index in [9.17, 15) is 9.59 Å². The lowest BCUT2D eigenvalue weighted by Crippen LogP contribution is -2.53. The summed E-state index contributed by atoms with van der Waals surface area (Å²) in [4.78, 5) is 32.1. The maximum atomic E-state index is 13.3. The largest absolute Gasteiger partial charge is 0.444 e. The minimum Gasteiger partial charge on any atom is -0.444 e. The molecule has 1 unspecified atom stereocenters. The highest BCUT2D eigenvalue weighted by Gasteiger charge is 2.31. The van der Waals surface area contributed by atoms with E-state index in [2.05, 4.69) is 27.8 Å². The number of nitrogens with one attached hydrogen (secondary N) is 2. The van der Waals surface area contributed by atoms with Crippen LogP contribution in [0, 0.1) is 0 Å². The van der Waals surface area contributed by atoms with Crippen molar-refractivity contribution in [3.8, 4) is 0 Å². The van der Waals surface area contributed by atoms with Gasteiger partial charge >= 0.3 is 6.09 Å². The first-order valence-electron chi connectivity index (χ1n) is 11.2. The van der Waals surface area contributed by atoms with Gasteiger partial charge in [0.05, 0.1) is 12.0 Å². The Balaban J connectivity index is 1.71. The first-order chi connectivity index (χ1) is 15.2. The highest BCUT2D eigenvalue weighted by atomic mass is 16.6. The van der Waals surface area contributed by atoms with Gasteiger partial charge in [-0.15, -0.1) is 0 Å². The Morgan fingerprint density at radius 1 is 1.25 bits per heavy atom. The molecule has 0 radical (unpaired) electrons. The van der Waals surface area contributed by atoms with Crippen molar-refractivity contribution in [2.75, 3.05) is 20.1 Å². The van der Waals surface area contributed by atoms with Crippen molar-refractivity contribution < 1.29 is 14.3 Å². The second-order valence-corrected chi connectivity index (χ2v) is 9.36. The highest BCUT2D eigenvalue weighted by Crippen LogP contribution is 2.14. The number of imidazole rings is 1. The van der Waals surface area contributed by atoms with Crippen LogP contribution in [0.1, 0.15) is 44.9 Å². The highest BCUT2D eigenvalue weighted by molar-refractivity contribution is 5.86. The third kappa shape index (κ3) is 7.09. The van der Waals surface area contributed by atoms with Gasteiger partial charge in [0.25, 0.3) is 0 Å². The average Bonchev–Trinajstić information content (AvgIpc) is 3.19. The van der Waals surface area contributed by atoms with E-state index in [0.29, 0.717) is 13.0 Å². The van der Waals surface area contributed by atoms with E-state index in [1.165, 1.54) is 5.56 Å². The van der Waals surface area contributed by atoms with E-state index in [1.807, 2.05) is 36.0 Å². The lowest BCUT2D eigenvalue weighted by Gasteiger charge is -2.34. The number of hydrogen-bond donors (Lipinski definition) is 2. The van der Waals surface area contributed by atoms with Crippen molar-refractivity contribution in [3.63, 3.8) is 0 Å². The van der Waals surface area contributed by atoms with Gasteiger partial charge in [0.1, 0.15) is 11.6 Å². The van der Waals surface area contributed by atoms with Crippen LogP contribution in [0.15, 0.2) is 42.9 Å². The summed E-state index contributed by atoms with van der Waals surface area (Å²) in [5, 5.41) is 6.10. The SMILES string of the molecule is CN(C(=O)C(Cc1cn(Cc2ccccc2)cn1)NC(=O)OC(C)(C)C)C1CCNCC1. The third-order valence-corrected chi connectivity index (χ3v) is 5.50. The van der Waals surface area contributed by atoms with Gasteiger partial charge in [-0.2, -0.15) is 0 Å². The quantitative estimate of drug-likeness (QED) is 0.690. The van der Waals surface area contributed by atoms with E-state index in [0.717, 1.165) is 31.6 Å². The van der Waals surface area contributed by atoms with Crippen LogP contribution in [0.2, 0.25) is 0 Å². The molecule has 3 rings (SSSR count). The van der Waals surface area contributed by atoms with Gasteiger partial charge in [0.15, 0.2) is 0 Å². The van der Waals surface area contributed by atoms with Gasteiger partial charge in [0.2, 0.25) is 5.91 Å². The topological polar surface area (TPSA) is 88.5 Å². The van der Waals surface area contributed by atoms with E-state index in [4.69, 9.17) is 4.74 Å². The summed E-state index contributed by atoms with van der Waals surface area (Å²) in [6, 6.07) is 9.52. The summed E-state index contributed by atoms with van der Waals surface area (Å²) in [5.74, 6) is -0.125. The second-order valence-electron chi connectivity index (χ2n) is 9.36. The Kier molecular flexibility index (Phi) is 7.90. The van der Waals surface area contributed by atoms with Crippen molar-refractivity contribution in [1.82, 2.24) is 25.1 Å². The molecule has 0 bridgehead atoms. The molecule has 8 nitrogen and oxygen atoms in total. The number of piperidine rings is 1. The number of carbonyl (C=O) groups is 2. The van der Waals surface area contributed by atoms with Gasteiger partial charge < -0.3 is 24.8 Å². The van der Waals surface area contributed by atoms with E-state index < -0.39 is 17.7 Å². The molecule has 0 spiro atoms. The monoisotopic (exact) mass is 441 g/mol. The Labute approximate surface area is 190 Å². The first-order valence-corrected chi connectivity index (χ1v) is 11.2. The summed E-state index contributed by atoms with van der Waals surface area (Å²) in [6.07, 6.45) is 5.18. The van der Waals surface area contributed by atoms with E-state index in [1.54, 1.807) is 32.0 Å². The molecule has 0 aliphatic carbocycles. The molecule has 2 N–H and O–H groups in total. The maximum absolute atomic E-state index is 13.3. The molecule has 1 aliphatic rings. The molecule has 2 amide bonds. The van der Waals surface area contributed by atoms with E-state index >= 15 is 0 Å². The minimum atomic E-state index is -0.746. The maximum Gasteiger partial charge on any atom is 0.408 e. The smallest absolute Gasteiger partial charge is 0.408 e. The number of aromatic nitrogens is 2. The van der Waals surface area contributed by atoms with Gasteiger partial charge in [-0.25, -0.2) is 9.78 Å². The standard InChI is InChI=1S/C24H35N5O3/c1-24(2,3)32-23(31)27-21(22(30)28(4)20-10-12-25-13-11-20)14-19-16-29(17-26-19)15-18-8-6-5-7-9-18/h5-9,16-17,20-21,25H,10-15H2,1-4H3,(H,27,31). The van der Waals surface area contributed by atoms with Crippen LogP contribution in [-0.2, 0) is 22.5 Å². The summed E-state index contributed by atoms with van der Waals surface area (Å²) < 4.78 is 7.39. The van der Waals surface area contributed by atoms with Gasteiger partial charge in [-0.3, -0.25) is 4.79 Å². The molecular formula is C24H35N5O3. The minimum absolute atomic E-state index is 0.125. The normalized spacial score (nSPS) is 15.8. The Hall–Kier alpha value is -2.87. The van der Waals surface area contributed by atoms with Crippen LogP contribution in [0.25, 0.3) is 0 Å². The lowest BCUT2D eigenvalue weighted by atomic mass is 10.0. The number of carbonyl (C=O) groups excluding carboxylic acids is 2. The van der Waals surface area contributed by atoms with Gasteiger partial charge in [-0.05, 0) is 52.3 Å². The Morgan fingerprint density at radius 3 is 2.59 bits per heavy atom. The molecule has 32 heavy (non-hydrogen) atoms. The summed E-state index contributed by atoms with van der Waals surface area (Å²) in [5.41, 5.74) is 1.27. The van der Waals surface area contributed by atoms with Crippen LogP contribution < -0.4 is 10.6 Å². The number of ether oxygens (including phenoxy) is 1. The van der Waals surface area contributed by atoms with Crippen LogP contribution in [0.5, 0.6) is 0 Å². The molecule has 8 heteroatoms. The predicted octanol–water partition coefficient (Wildman–Crippen LogP) is 2.58. The summed E-state index contributed by atoms with van der Waals surface area (Å²) in [7, 11) is 1.82. The average molecular weight is 442 g/mol. The van der Waals surface area contributed by atoms with Crippen molar-refractivity contribution in [3.05, 3.63) is 54.1 Å². The Morgan fingerprint density at radius 2 is 1.94 bits per heavy atom. The molecule has 1 fully saturated rings. The van der Waals surface area contributed by atoms with Crippen LogP contribution >= 0.6 is 0 Å². The second kappa shape index (κ2) is 10.6. The lowest BCUT2D eigenvalue weighted by molar-refractivity contribution is -0.134. The predicted molar refractivity (Wildman–Crippen MR) is 123 cm³/mol. The molecule has 0 saturated carbocycles. The molecule has 174 valence electrons. The number of hydrogen-bond acceptors (Lipinski definition) is 5. The van der Waals surface area contributed by atoms with Gasteiger partial charge in [0, 0.05) is 32.3 Å². The molecule has 2 heterocycles. The van der Waals surface area contributed by atoms with Crippen LogP contribution in [0.3, 0.4) is 0 Å². The molecule has 1 aliphatic heterocycles. The Bertz CT molecular complexity index is 885. The van der Waals surface area contributed by atoms with Gasteiger partial charge in [-0.1, -0.05) is 30.3 Å². The third-order valence-electron chi connectivity index (χ3n) is 5.50. The number of amides is 2. The number of rotatable bonds is 7. The zero-order valence-electron chi connectivity index (χ0n) is 19.5. The van der Waals surface area contributed by atoms with Crippen molar-refractivity contribution in [2.45, 2.75) is 64.3 Å². The molecular weight excluding hydrogens is 406 g/mol. The number of nitrogens with zero attached hydrogens (tertiary/aromatic N) is 3. The summed E-state index contributed by atoms with van der Waals surface area (Å²) >= 11 is 0. The number of benzene rings is 1. The zero-order valence-corrected chi connectivity index (χ0v) is 19.5. The van der Waals surface area contributed by atoms with Crippen LogP contribution in [-0.4, -0.2) is 64.3 Å². The molecule has 2 aromatic rings. The van der Waals surface area contributed by atoms with E-state index in [-0.39, 0.29) is 11.9 Å². The summed E-state index contributed by atoms with van der Waals surface area (Å²) in [6.45, 7) is 7.87. The molecule has 1 saturated heterocycles. The van der Waals surface area contributed by atoms with Crippen LogP contribution in [0.4, 0.5) is 4.79 Å². The molecule has 1 aromatic heterocycles. The van der Waals surface area contributed by atoms with Crippen molar-refractivity contribution >= 4 is 12.0 Å². The van der Waals surface area contributed by atoms with Crippen molar-refractivity contribution in [1.29, 1.82) is 0 Å².